The van der Waals surface area contributed by atoms with E-state index in [9.17, 15) is 4.79 Å². The first-order chi connectivity index (χ1) is 8.50. The Balaban J connectivity index is 2.57. The van der Waals surface area contributed by atoms with Crippen molar-refractivity contribution in [3.05, 3.63) is 40.7 Å². The third-order valence-electron chi connectivity index (χ3n) is 3.54. The molecule has 0 aliphatic heterocycles. The minimum Gasteiger partial charge on any atom is -0.382 e. The summed E-state index contributed by atoms with van der Waals surface area (Å²) in [5.41, 5.74) is 1.91. The molecule has 0 aliphatic carbocycles. The first-order valence-electron chi connectivity index (χ1n) is 6.36. The Bertz CT molecular complexity index is 613. The van der Waals surface area contributed by atoms with Crippen LogP contribution in [0.15, 0.2) is 35.1 Å². The fourth-order valence-electron chi connectivity index (χ4n) is 1.94. The molecule has 0 saturated carbocycles. The lowest BCUT2D eigenvalue weighted by molar-refractivity contribution is 0.560. The third kappa shape index (κ3) is 2.26. The molecule has 0 spiro atoms. The predicted molar refractivity (Wildman–Crippen MR) is 77.1 cm³/mol. The first-order valence-corrected chi connectivity index (χ1v) is 6.36. The number of nitrogens with one attached hydrogen (secondary N) is 1. The molecule has 2 rings (SSSR count). The Kier molecular flexibility index (Phi) is 3.41. The topological polar surface area (TPSA) is 34.0 Å². The van der Waals surface area contributed by atoms with E-state index in [1.807, 2.05) is 24.3 Å². The first kappa shape index (κ1) is 12.7. The molecule has 1 aromatic heterocycles. The van der Waals surface area contributed by atoms with Crippen molar-refractivity contribution in [2.45, 2.75) is 26.8 Å². The lowest BCUT2D eigenvalue weighted by Crippen LogP contribution is -2.24. The molecule has 3 nitrogen and oxygen atoms in total. The van der Waals surface area contributed by atoms with E-state index in [1.165, 1.54) is 0 Å². The Morgan fingerprint density at radius 2 is 1.83 bits per heavy atom. The van der Waals surface area contributed by atoms with Crippen molar-refractivity contribution in [1.82, 2.24) is 4.57 Å². The third-order valence-corrected chi connectivity index (χ3v) is 3.54. The summed E-state index contributed by atoms with van der Waals surface area (Å²) in [5, 5.41) is 4.53. The van der Waals surface area contributed by atoms with E-state index in [0.29, 0.717) is 12.0 Å². The van der Waals surface area contributed by atoms with Gasteiger partial charge in [-0.1, -0.05) is 32.0 Å². The molecule has 1 heterocycles. The molecule has 3 heteroatoms. The number of pyridine rings is 1. The van der Waals surface area contributed by atoms with E-state index < -0.39 is 0 Å². The average Bonchev–Trinajstić information content (AvgIpc) is 2.35. The number of aryl methyl sites for hydroxylation is 1. The fourth-order valence-corrected chi connectivity index (χ4v) is 1.94. The Morgan fingerprint density at radius 1 is 1.17 bits per heavy atom. The molecular weight excluding hydrogens is 224 g/mol. The largest absolute Gasteiger partial charge is 0.382 e. The van der Waals surface area contributed by atoms with Gasteiger partial charge in [0, 0.05) is 30.2 Å². The maximum Gasteiger partial charge on any atom is 0.252 e. The number of hydrogen-bond acceptors (Lipinski definition) is 2. The highest BCUT2D eigenvalue weighted by molar-refractivity contribution is 5.91. The highest BCUT2D eigenvalue weighted by atomic mass is 16.1. The maximum absolute atomic E-state index is 11.9. The van der Waals surface area contributed by atoms with E-state index >= 15 is 0 Å². The second-order valence-electron chi connectivity index (χ2n) is 5.15. The van der Waals surface area contributed by atoms with Gasteiger partial charge >= 0.3 is 0 Å². The van der Waals surface area contributed by atoms with Gasteiger partial charge in [0.05, 0.1) is 5.52 Å². The van der Waals surface area contributed by atoms with Crippen LogP contribution in [0.25, 0.3) is 10.9 Å². The molecule has 0 amide bonds. The molecule has 1 N–H and O–H groups in total. The molecule has 2 aromatic rings. The van der Waals surface area contributed by atoms with Crippen LogP contribution in [0.2, 0.25) is 0 Å². The molecule has 0 fully saturated rings. The van der Waals surface area contributed by atoms with Crippen LogP contribution in [-0.2, 0) is 7.05 Å². The van der Waals surface area contributed by atoms with Crippen LogP contribution in [0.3, 0.4) is 0 Å². The minimum absolute atomic E-state index is 0.0205. The quantitative estimate of drug-likeness (QED) is 0.900. The zero-order chi connectivity index (χ0) is 13.3. The van der Waals surface area contributed by atoms with Crippen LogP contribution in [0.5, 0.6) is 0 Å². The maximum atomic E-state index is 11.9. The summed E-state index contributed by atoms with van der Waals surface area (Å²) in [5.74, 6) is 0.521. The summed E-state index contributed by atoms with van der Waals surface area (Å²) in [7, 11) is 1.81. The number of aromatic nitrogens is 1. The summed E-state index contributed by atoms with van der Waals surface area (Å²) in [4.78, 5) is 11.9. The van der Waals surface area contributed by atoms with Crippen LogP contribution in [0.1, 0.15) is 20.8 Å². The van der Waals surface area contributed by atoms with Gasteiger partial charge in [-0.15, -0.1) is 0 Å². The second-order valence-corrected chi connectivity index (χ2v) is 5.15. The molecule has 0 saturated heterocycles. The minimum atomic E-state index is 0.0205. The monoisotopic (exact) mass is 244 g/mol. The van der Waals surface area contributed by atoms with Gasteiger partial charge in [-0.25, -0.2) is 0 Å². The molecule has 1 atom stereocenters. The summed E-state index contributed by atoms with van der Waals surface area (Å²) >= 11 is 0. The van der Waals surface area contributed by atoms with Crippen LogP contribution in [-0.4, -0.2) is 10.6 Å². The normalized spacial score (nSPS) is 12.9. The Labute approximate surface area is 107 Å². The predicted octanol–water partition coefficient (Wildman–Crippen LogP) is 2.99. The van der Waals surface area contributed by atoms with E-state index in [0.717, 1.165) is 16.6 Å². The smallest absolute Gasteiger partial charge is 0.252 e. The van der Waals surface area contributed by atoms with Crippen molar-refractivity contribution >= 4 is 16.6 Å². The van der Waals surface area contributed by atoms with Crippen LogP contribution >= 0.6 is 0 Å². The zero-order valence-corrected chi connectivity index (χ0v) is 11.4. The van der Waals surface area contributed by atoms with Crippen molar-refractivity contribution in [2.24, 2.45) is 13.0 Å². The molecule has 1 unspecified atom stereocenters. The van der Waals surface area contributed by atoms with Crippen molar-refractivity contribution in [3.63, 3.8) is 0 Å². The summed E-state index contributed by atoms with van der Waals surface area (Å²) in [6.45, 7) is 6.47. The van der Waals surface area contributed by atoms with Crippen molar-refractivity contribution in [3.8, 4) is 0 Å². The highest BCUT2D eigenvalue weighted by Crippen LogP contribution is 2.22. The highest BCUT2D eigenvalue weighted by Gasteiger charge is 2.10. The van der Waals surface area contributed by atoms with Crippen LogP contribution < -0.4 is 10.9 Å². The second kappa shape index (κ2) is 4.84. The van der Waals surface area contributed by atoms with Crippen molar-refractivity contribution in [2.75, 3.05) is 5.32 Å². The van der Waals surface area contributed by atoms with Gasteiger partial charge in [-0.05, 0) is 18.9 Å². The molecule has 0 aliphatic rings. The number of hydrogen-bond donors (Lipinski definition) is 1. The van der Waals surface area contributed by atoms with Gasteiger partial charge in [0.2, 0.25) is 0 Å². The van der Waals surface area contributed by atoms with Crippen LogP contribution in [0, 0.1) is 5.92 Å². The number of rotatable bonds is 3. The molecule has 0 radical (unpaired) electrons. The summed E-state index contributed by atoms with van der Waals surface area (Å²) in [6, 6.07) is 9.99. The van der Waals surface area contributed by atoms with Gasteiger partial charge in [-0.3, -0.25) is 4.79 Å². The molecule has 18 heavy (non-hydrogen) atoms. The lowest BCUT2D eigenvalue weighted by atomic mass is 10.1. The van der Waals surface area contributed by atoms with E-state index in [1.54, 1.807) is 17.7 Å². The van der Waals surface area contributed by atoms with E-state index in [2.05, 4.69) is 26.1 Å². The Hall–Kier alpha value is -1.77. The number of para-hydroxylation sites is 1. The van der Waals surface area contributed by atoms with Gasteiger partial charge in [0.15, 0.2) is 0 Å². The summed E-state index contributed by atoms with van der Waals surface area (Å²) in [6.07, 6.45) is 0. The number of benzene rings is 1. The Morgan fingerprint density at radius 3 is 2.50 bits per heavy atom. The van der Waals surface area contributed by atoms with Crippen molar-refractivity contribution < 1.29 is 0 Å². The van der Waals surface area contributed by atoms with Gasteiger partial charge in [-0.2, -0.15) is 0 Å². The molecule has 96 valence electrons. The van der Waals surface area contributed by atoms with E-state index in [-0.39, 0.29) is 5.56 Å². The number of fused-ring (bicyclic) bond motifs is 1. The standard InChI is InChI=1S/C15H20N2O/c1-10(2)11(3)16-13-9-15(18)17(4)14-8-6-5-7-12(13)14/h5-11,16H,1-4H3. The number of anilines is 1. The average molecular weight is 244 g/mol. The van der Waals surface area contributed by atoms with Gasteiger partial charge in [0.1, 0.15) is 0 Å². The van der Waals surface area contributed by atoms with Crippen molar-refractivity contribution in [1.29, 1.82) is 0 Å². The van der Waals surface area contributed by atoms with E-state index in [4.69, 9.17) is 0 Å². The molecule has 1 aromatic carbocycles. The molecular formula is C15H20N2O. The number of nitrogens with zero attached hydrogens (tertiary/aromatic N) is 1. The lowest BCUT2D eigenvalue weighted by Gasteiger charge is -2.20. The van der Waals surface area contributed by atoms with Gasteiger partial charge in [0.25, 0.3) is 5.56 Å². The fraction of sp³-hybridized carbons (Fsp3) is 0.400. The zero-order valence-electron chi connectivity index (χ0n) is 11.4. The molecule has 0 bridgehead atoms. The van der Waals surface area contributed by atoms with Gasteiger partial charge < -0.3 is 9.88 Å². The van der Waals surface area contributed by atoms with Crippen LogP contribution in [0.4, 0.5) is 5.69 Å². The SMILES string of the molecule is CC(C)C(C)Nc1cc(=O)n(C)c2ccccc12. The summed E-state index contributed by atoms with van der Waals surface area (Å²) < 4.78 is 1.68.